The predicted octanol–water partition coefficient (Wildman–Crippen LogP) is 3.70. The van der Waals surface area contributed by atoms with Crippen LogP contribution in [0.5, 0.6) is 0 Å². The lowest BCUT2D eigenvalue weighted by Crippen LogP contribution is -2.52. The van der Waals surface area contributed by atoms with Crippen LogP contribution in [0.1, 0.15) is 61.1 Å². The van der Waals surface area contributed by atoms with Gasteiger partial charge in [0.05, 0.1) is 21.2 Å². The number of carbonyl (C=O) groups excluding carboxylic acids is 1. The highest BCUT2D eigenvalue weighted by Gasteiger charge is 2.53. The Morgan fingerprint density at radius 2 is 1.87 bits per heavy atom. The molecule has 4 aliphatic rings. The molecular weight excluding hydrogens is 420 g/mol. The van der Waals surface area contributed by atoms with Crippen LogP contribution >= 0.6 is 11.6 Å². The van der Waals surface area contributed by atoms with E-state index in [-0.39, 0.29) is 16.9 Å². The van der Waals surface area contributed by atoms with Crippen LogP contribution in [0.3, 0.4) is 0 Å². The van der Waals surface area contributed by atoms with E-state index in [2.05, 4.69) is 15.5 Å². The normalized spacial score (nSPS) is 28.8. The molecule has 6 rings (SSSR count). The van der Waals surface area contributed by atoms with Crippen molar-refractivity contribution in [2.45, 2.75) is 64.0 Å². The maximum atomic E-state index is 12.7. The summed E-state index contributed by atoms with van der Waals surface area (Å²) in [5, 5.41) is 23.8. The lowest BCUT2D eigenvalue weighted by atomic mass is 9.53. The first-order chi connectivity index (χ1) is 14.8. The summed E-state index contributed by atoms with van der Waals surface area (Å²) in [6.07, 6.45) is 10.8. The van der Waals surface area contributed by atoms with Crippen LogP contribution in [0.15, 0.2) is 12.4 Å². The summed E-state index contributed by atoms with van der Waals surface area (Å²) in [6.45, 7) is 2.80. The summed E-state index contributed by atoms with van der Waals surface area (Å²) in [5.74, 6) is 1.56. The van der Waals surface area contributed by atoms with Crippen molar-refractivity contribution >= 4 is 23.2 Å². The first kappa shape index (κ1) is 20.5. The highest BCUT2D eigenvalue weighted by Crippen LogP contribution is 2.58. The molecule has 0 atom stereocenters. The molecule has 0 saturated heterocycles. The quantitative estimate of drug-likeness (QED) is 0.396. The van der Waals surface area contributed by atoms with E-state index in [1.807, 2.05) is 6.92 Å². The largest absolute Gasteiger partial charge is 0.350 e. The molecule has 2 aromatic rings. The number of carbonyl (C=O) groups is 1. The van der Waals surface area contributed by atoms with Gasteiger partial charge >= 0.3 is 5.69 Å². The van der Waals surface area contributed by atoms with E-state index in [1.165, 1.54) is 25.5 Å². The minimum Gasteiger partial charge on any atom is -0.350 e. The zero-order chi connectivity index (χ0) is 21.8. The van der Waals surface area contributed by atoms with Crippen LogP contribution in [-0.2, 0) is 12.1 Å². The van der Waals surface area contributed by atoms with Gasteiger partial charge in [0.15, 0.2) is 0 Å². The molecule has 10 heteroatoms. The van der Waals surface area contributed by atoms with Crippen molar-refractivity contribution in [1.82, 2.24) is 24.9 Å². The Hall–Kier alpha value is -2.42. The molecule has 0 radical (unpaired) electrons. The summed E-state index contributed by atoms with van der Waals surface area (Å²) in [7, 11) is 0. The molecule has 0 aliphatic heterocycles. The maximum Gasteiger partial charge on any atom is 0.320 e. The van der Waals surface area contributed by atoms with Crippen LogP contribution in [0.2, 0.25) is 5.02 Å². The number of aryl methyl sites for hydroxylation is 2. The van der Waals surface area contributed by atoms with Gasteiger partial charge in [-0.15, -0.1) is 0 Å². The van der Waals surface area contributed by atoms with E-state index < -0.39 is 10.8 Å². The molecule has 0 aromatic carbocycles. The fraction of sp³-hybridized carbons (Fsp3) is 0.667. The maximum absolute atomic E-state index is 12.7. The fourth-order valence-electron chi connectivity index (χ4n) is 6.38. The molecule has 1 amide bonds. The fourth-order valence-corrected chi connectivity index (χ4v) is 6.53. The highest BCUT2D eigenvalue weighted by molar-refractivity contribution is 6.31. The number of hydrogen-bond donors (Lipinski definition) is 1. The molecule has 4 bridgehead atoms. The minimum atomic E-state index is -0.496. The van der Waals surface area contributed by atoms with Gasteiger partial charge in [-0.25, -0.2) is 0 Å². The van der Waals surface area contributed by atoms with Gasteiger partial charge in [-0.05, 0) is 69.6 Å². The SMILES string of the molecule is Cc1nn(CCCNC(=O)c2nn(C34CC5CC(CC(C5)C3)C4)cc2[N+](=O)[O-])cc1Cl. The number of halogens is 1. The van der Waals surface area contributed by atoms with Crippen LogP contribution in [0.4, 0.5) is 5.69 Å². The van der Waals surface area contributed by atoms with Gasteiger partial charge in [-0.2, -0.15) is 10.2 Å². The summed E-state index contributed by atoms with van der Waals surface area (Å²) in [5.41, 5.74) is 0.313. The number of rotatable bonds is 7. The number of hydrogen-bond acceptors (Lipinski definition) is 5. The molecule has 4 saturated carbocycles. The molecule has 166 valence electrons. The van der Waals surface area contributed by atoms with Gasteiger partial charge < -0.3 is 5.32 Å². The number of amides is 1. The lowest BCUT2D eigenvalue weighted by Gasteiger charge is -2.56. The third-order valence-corrected chi connectivity index (χ3v) is 7.71. The number of nitrogens with zero attached hydrogens (tertiary/aromatic N) is 5. The van der Waals surface area contributed by atoms with Gasteiger partial charge in [0.1, 0.15) is 6.20 Å². The van der Waals surface area contributed by atoms with Crippen molar-refractivity contribution in [1.29, 1.82) is 0 Å². The van der Waals surface area contributed by atoms with Crippen LogP contribution < -0.4 is 5.32 Å². The van der Waals surface area contributed by atoms with Crippen molar-refractivity contribution in [3.63, 3.8) is 0 Å². The first-order valence-corrected chi connectivity index (χ1v) is 11.4. The molecule has 2 heterocycles. The third kappa shape index (κ3) is 3.73. The van der Waals surface area contributed by atoms with Crippen LogP contribution in [-0.4, -0.2) is 36.9 Å². The van der Waals surface area contributed by atoms with Crippen molar-refractivity contribution in [2.24, 2.45) is 17.8 Å². The Morgan fingerprint density at radius 1 is 1.23 bits per heavy atom. The topological polar surface area (TPSA) is 108 Å². The van der Waals surface area contributed by atoms with Gasteiger partial charge in [-0.1, -0.05) is 11.6 Å². The summed E-state index contributed by atoms with van der Waals surface area (Å²) in [4.78, 5) is 23.9. The Kier molecular flexibility index (Phi) is 5.03. The van der Waals surface area contributed by atoms with Gasteiger partial charge in [0, 0.05) is 19.3 Å². The monoisotopic (exact) mass is 446 g/mol. The third-order valence-electron chi connectivity index (χ3n) is 7.33. The minimum absolute atomic E-state index is 0.0845. The number of nitrogens with one attached hydrogen (secondary N) is 1. The van der Waals surface area contributed by atoms with Gasteiger partial charge in [0.25, 0.3) is 5.91 Å². The Morgan fingerprint density at radius 3 is 2.42 bits per heavy atom. The second-order valence-electron chi connectivity index (χ2n) is 9.64. The van der Waals surface area contributed by atoms with Crippen molar-refractivity contribution in [3.8, 4) is 0 Å². The van der Waals surface area contributed by atoms with E-state index in [0.29, 0.717) is 42.3 Å². The number of aromatic nitrogens is 4. The molecular formula is C21H27ClN6O3. The Balaban J connectivity index is 1.28. The average Bonchev–Trinajstić information content (AvgIpc) is 3.29. The van der Waals surface area contributed by atoms with E-state index in [4.69, 9.17) is 11.6 Å². The molecule has 0 unspecified atom stereocenters. The molecule has 4 aliphatic carbocycles. The van der Waals surface area contributed by atoms with E-state index in [9.17, 15) is 14.9 Å². The predicted molar refractivity (Wildman–Crippen MR) is 114 cm³/mol. The first-order valence-electron chi connectivity index (χ1n) is 11.1. The standard InChI is InChI=1S/C21H27ClN6O3/c1-13-17(22)11-26(24-13)4-2-3-23-20(29)19-18(28(30)31)12-27(25-19)21-8-14-5-15(9-21)7-16(6-14)10-21/h11-12,14-16H,2-10H2,1H3,(H,23,29). The summed E-state index contributed by atoms with van der Waals surface area (Å²) >= 11 is 6.01. The molecule has 2 aromatic heterocycles. The lowest BCUT2D eigenvalue weighted by molar-refractivity contribution is -0.385. The molecule has 9 nitrogen and oxygen atoms in total. The highest BCUT2D eigenvalue weighted by atomic mass is 35.5. The Bertz CT molecular complexity index is 974. The van der Waals surface area contributed by atoms with Crippen molar-refractivity contribution < 1.29 is 9.72 Å². The van der Waals surface area contributed by atoms with Gasteiger partial charge in [-0.3, -0.25) is 24.3 Å². The molecule has 31 heavy (non-hydrogen) atoms. The van der Waals surface area contributed by atoms with Crippen LogP contribution in [0.25, 0.3) is 0 Å². The second-order valence-corrected chi connectivity index (χ2v) is 10.0. The van der Waals surface area contributed by atoms with Gasteiger partial charge in [0.2, 0.25) is 5.69 Å². The molecule has 4 fully saturated rings. The molecule has 1 N–H and O–H groups in total. The van der Waals surface area contributed by atoms with E-state index >= 15 is 0 Å². The zero-order valence-corrected chi connectivity index (χ0v) is 18.3. The summed E-state index contributed by atoms with van der Waals surface area (Å²) < 4.78 is 3.51. The summed E-state index contributed by atoms with van der Waals surface area (Å²) in [6, 6.07) is 0. The molecule has 0 spiro atoms. The average molecular weight is 447 g/mol. The van der Waals surface area contributed by atoms with Crippen molar-refractivity contribution in [2.75, 3.05) is 6.54 Å². The van der Waals surface area contributed by atoms with E-state index in [0.717, 1.165) is 25.0 Å². The van der Waals surface area contributed by atoms with Crippen LogP contribution in [0, 0.1) is 34.8 Å². The Labute approximate surface area is 185 Å². The van der Waals surface area contributed by atoms with E-state index in [1.54, 1.807) is 15.6 Å². The zero-order valence-electron chi connectivity index (χ0n) is 17.6. The second kappa shape index (κ2) is 7.62. The number of nitro groups is 1. The van der Waals surface area contributed by atoms with Crippen molar-refractivity contribution in [3.05, 3.63) is 38.9 Å². The smallest absolute Gasteiger partial charge is 0.320 e.